The van der Waals surface area contributed by atoms with E-state index in [-0.39, 0.29) is 17.1 Å². The van der Waals surface area contributed by atoms with Crippen LogP contribution < -0.4 is 11.1 Å². The third-order valence-electron chi connectivity index (χ3n) is 4.98. The summed E-state index contributed by atoms with van der Waals surface area (Å²) >= 11 is 0. The summed E-state index contributed by atoms with van der Waals surface area (Å²) in [6.07, 6.45) is 4.60. The highest BCUT2D eigenvalue weighted by Crippen LogP contribution is 2.24. The fraction of sp³-hybridized carbons (Fsp3) is 0.250. The minimum Gasteiger partial charge on any atom is -0.383 e. The van der Waals surface area contributed by atoms with Gasteiger partial charge < -0.3 is 15.6 Å². The molecule has 0 radical (unpaired) electrons. The second-order valence-corrected chi connectivity index (χ2v) is 8.64. The van der Waals surface area contributed by atoms with Gasteiger partial charge in [0.2, 0.25) is 0 Å². The number of nitrogens with one attached hydrogen (secondary N) is 1. The highest BCUT2D eigenvalue weighted by Gasteiger charge is 2.20. The molecule has 0 unspecified atom stereocenters. The van der Waals surface area contributed by atoms with Crippen molar-refractivity contribution in [1.82, 2.24) is 25.1 Å². The highest BCUT2D eigenvalue weighted by atomic mass is 16.5. The van der Waals surface area contributed by atoms with Gasteiger partial charge in [-0.15, -0.1) is 0 Å². The van der Waals surface area contributed by atoms with E-state index < -0.39 is 0 Å². The SMILES string of the molecule is Cc1nc2cnc(N)c(C#Cc3cncc(C(=O)Nc4cc(C(C)(C)C)on4)c3)c2nc1C. The minimum atomic E-state index is -0.372. The fourth-order valence-electron chi connectivity index (χ4n) is 2.98. The molecule has 9 nitrogen and oxygen atoms in total. The minimum absolute atomic E-state index is 0.215. The van der Waals surface area contributed by atoms with Crippen molar-refractivity contribution in [1.29, 1.82) is 0 Å². The summed E-state index contributed by atoms with van der Waals surface area (Å²) in [5.41, 5.74) is 10.00. The van der Waals surface area contributed by atoms with Crippen LogP contribution in [0.5, 0.6) is 0 Å². The largest absolute Gasteiger partial charge is 0.383 e. The van der Waals surface area contributed by atoms with Crippen molar-refractivity contribution in [2.24, 2.45) is 0 Å². The summed E-state index contributed by atoms with van der Waals surface area (Å²) < 4.78 is 5.31. The zero-order valence-corrected chi connectivity index (χ0v) is 19.0. The molecule has 0 saturated carbocycles. The summed E-state index contributed by atoms with van der Waals surface area (Å²) in [4.78, 5) is 30.1. The molecular formula is C24H23N7O2. The fourth-order valence-corrected chi connectivity index (χ4v) is 2.98. The summed E-state index contributed by atoms with van der Waals surface area (Å²) in [6.45, 7) is 9.75. The lowest BCUT2D eigenvalue weighted by molar-refractivity contribution is 0.102. The molecule has 0 aromatic carbocycles. The lowest BCUT2D eigenvalue weighted by atomic mass is 9.93. The van der Waals surface area contributed by atoms with Crippen molar-refractivity contribution in [3.05, 3.63) is 64.6 Å². The quantitative estimate of drug-likeness (QED) is 0.451. The average Bonchev–Trinajstić information content (AvgIpc) is 3.24. The number of fused-ring (bicyclic) bond motifs is 1. The molecule has 4 aromatic heterocycles. The van der Waals surface area contributed by atoms with E-state index in [4.69, 9.17) is 10.3 Å². The lowest BCUT2D eigenvalue weighted by Crippen LogP contribution is -2.13. The smallest absolute Gasteiger partial charge is 0.258 e. The highest BCUT2D eigenvalue weighted by molar-refractivity contribution is 6.03. The number of rotatable bonds is 2. The molecule has 0 saturated heterocycles. The molecule has 4 heterocycles. The number of aromatic nitrogens is 5. The van der Waals surface area contributed by atoms with E-state index in [1.165, 1.54) is 6.20 Å². The number of carbonyl (C=O) groups excluding carboxylic acids is 1. The van der Waals surface area contributed by atoms with E-state index in [0.717, 1.165) is 11.4 Å². The van der Waals surface area contributed by atoms with Gasteiger partial charge in [-0.1, -0.05) is 37.8 Å². The monoisotopic (exact) mass is 441 g/mol. The predicted octanol–water partition coefficient (Wildman–Crippen LogP) is 3.56. The van der Waals surface area contributed by atoms with Crippen LogP contribution in [0.1, 0.15) is 59.4 Å². The molecule has 166 valence electrons. The molecule has 9 heteroatoms. The molecule has 0 aliphatic rings. The topological polar surface area (TPSA) is 133 Å². The Bertz CT molecular complexity index is 1440. The Balaban J connectivity index is 1.61. The summed E-state index contributed by atoms with van der Waals surface area (Å²) in [6, 6.07) is 3.34. The van der Waals surface area contributed by atoms with E-state index in [1.54, 1.807) is 24.5 Å². The van der Waals surface area contributed by atoms with Crippen molar-refractivity contribution in [2.45, 2.75) is 40.0 Å². The van der Waals surface area contributed by atoms with Crippen LogP contribution in [0, 0.1) is 25.7 Å². The Morgan fingerprint density at radius 3 is 2.55 bits per heavy atom. The number of anilines is 2. The van der Waals surface area contributed by atoms with Gasteiger partial charge in [-0.25, -0.2) is 15.0 Å². The van der Waals surface area contributed by atoms with E-state index in [9.17, 15) is 4.79 Å². The Kier molecular flexibility index (Phi) is 5.52. The van der Waals surface area contributed by atoms with Crippen molar-refractivity contribution in [3.63, 3.8) is 0 Å². The van der Waals surface area contributed by atoms with Crippen molar-refractivity contribution in [3.8, 4) is 11.8 Å². The van der Waals surface area contributed by atoms with Gasteiger partial charge in [0.25, 0.3) is 5.91 Å². The second-order valence-electron chi connectivity index (χ2n) is 8.64. The van der Waals surface area contributed by atoms with Crippen LogP contribution in [0.25, 0.3) is 11.0 Å². The summed E-state index contributed by atoms with van der Waals surface area (Å²) in [5.74, 6) is 6.90. The zero-order chi connectivity index (χ0) is 23.8. The zero-order valence-electron chi connectivity index (χ0n) is 19.0. The van der Waals surface area contributed by atoms with E-state index in [2.05, 4.69) is 42.3 Å². The predicted molar refractivity (Wildman–Crippen MR) is 125 cm³/mol. The number of hydrogen-bond donors (Lipinski definition) is 2. The molecular weight excluding hydrogens is 418 g/mol. The Morgan fingerprint density at radius 1 is 1.06 bits per heavy atom. The Labute approximate surface area is 190 Å². The Morgan fingerprint density at radius 2 is 1.82 bits per heavy atom. The lowest BCUT2D eigenvalue weighted by Gasteiger charge is -2.12. The molecule has 0 aliphatic heterocycles. The first-order valence-electron chi connectivity index (χ1n) is 10.3. The third-order valence-corrected chi connectivity index (χ3v) is 4.98. The maximum atomic E-state index is 12.7. The molecule has 0 spiro atoms. The first-order valence-corrected chi connectivity index (χ1v) is 10.3. The van der Waals surface area contributed by atoms with Crippen LogP contribution in [0.15, 0.2) is 35.2 Å². The molecule has 1 amide bonds. The molecule has 4 rings (SSSR count). The number of nitrogen functional groups attached to an aromatic ring is 1. The molecule has 0 aliphatic carbocycles. The average molecular weight is 441 g/mol. The number of nitrogens with zero attached hydrogens (tertiary/aromatic N) is 5. The molecule has 3 N–H and O–H groups in total. The number of carbonyl (C=O) groups is 1. The summed E-state index contributed by atoms with van der Waals surface area (Å²) in [7, 11) is 0. The number of amides is 1. The molecule has 0 atom stereocenters. The Hall–Kier alpha value is -4.32. The van der Waals surface area contributed by atoms with E-state index in [0.29, 0.717) is 39.3 Å². The van der Waals surface area contributed by atoms with Crippen LogP contribution in [-0.4, -0.2) is 31.0 Å². The van der Waals surface area contributed by atoms with Crippen molar-refractivity contribution < 1.29 is 9.32 Å². The van der Waals surface area contributed by atoms with Gasteiger partial charge in [0.1, 0.15) is 22.6 Å². The standard InChI is InChI=1S/C24H23N7O2/c1-13-14(2)29-21-17(22(25)27-12-18(21)28-13)7-6-15-8-16(11-26-10-15)23(32)30-20-9-19(33-31-20)24(3,4)5/h8-12H,1-5H3,(H2,25,27)(H,30,31,32). The first-order chi connectivity index (χ1) is 15.6. The summed E-state index contributed by atoms with van der Waals surface area (Å²) in [5, 5.41) is 6.63. The molecule has 0 bridgehead atoms. The van der Waals surface area contributed by atoms with Gasteiger partial charge in [0, 0.05) is 29.4 Å². The van der Waals surface area contributed by atoms with Crippen molar-refractivity contribution in [2.75, 3.05) is 11.1 Å². The maximum absolute atomic E-state index is 12.7. The number of aryl methyl sites for hydroxylation is 2. The molecule has 0 fully saturated rings. The van der Waals surface area contributed by atoms with Crippen LogP contribution in [-0.2, 0) is 5.41 Å². The van der Waals surface area contributed by atoms with Gasteiger partial charge in [-0.3, -0.25) is 9.78 Å². The molecule has 33 heavy (non-hydrogen) atoms. The molecule has 4 aromatic rings. The number of nitrogens with two attached hydrogens (primary N) is 1. The first kappa shape index (κ1) is 21.9. The second kappa shape index (κ2) is 8.31. The van der Waals surface area contributed by atoms with Gasteiger partial charge >= 0.3 is 0 Å². The van der Waals surface area contributed by atoms with E-state index >= 15 is 0 Å². The van der Waals surface area contributed by atoms with Gasteiger partial charge in [0.05, 0.1) is 28.7 Å². The number of hydrogen-bond acceptors (Lipinski definition) is 8. The van der Waals surface area contributed by atoms with Crippen LogP contribution in [0.4, 0.5) is 11.6 Å². The normalized spacial score (nSPS) is 11.2. The van der Waals surface area contributed by atoms with Gasteiger partial charge in [-0.2, -0.15) is 0 Å². The van der Waals surface area contributed by atoms with Crippen LogP contribution in [0.3, 0.4) is 0 Å². The van der Waals surface area contributed by atoms with Gasteiger partial charge in [-0.05, 0) is 19.9 Å². The third kappa shape index (κ3) is 4.65. The van der Waals surface area contributed by atoms with Gasteiger partial charge in [0.15, 0.2) is 5.82 Å². The maximum Gasteiger partial charge on any atom is 0.258 e. The van der Waals surface area contributed by atoms with Crippen LogP contribution >= 0.6 is 0 Å². The van der Waals surface area contributed by atoms with Crippen molar-refractivity contribution >= 4 is 28.6 Å². The number of pyridine rings is 2. The van der Waals surface area contributed by atoms with E-state index in [1.807, 2.05) is 34.6 Å². The van der Waals surface area contributed by atoms with Crippen LogP contribution in [0.2, 0.25) is 0 Å².